The molecule has 10 N–H and O–H groups in total. The average molecular weight is 460 g/mol. The van der Waals surface area contributed by atoms with Gasteiger partial charge in [0.1, 0.15) is 48.8 Å². The van der Waals surface area contributed by atoms with Crippen LogP contribution in [-0.2, 0) is 9.47 Å². The van der Waals surface area contributed by atoms with Crippen LogP contribution in [0.3, 0.4) is 0 Å². The Morgan fingerprint density at radius 3 is 1.38 bits per heavy atom. The third-order valence-corrected chi connectivity index (χ3v) is 5.96. The van der Waals surface area contributed by atoms with E-state index in [9.17, 15) is 30.6 Å². The van der Waals surface area contributed by atoms with Crippen LogP contribution in [0.1, 0.15) is 11.1 Å². The van der Waals surface area contributed by atoms with Crippen molar-refractivity contribution in [2.45, 2.75) is 75.1 Å². The van der Waals surface area contributed by atoms with Crippen molar-refractivity contribution in [2.24, 2.45) is 0 Å². The molecule has 3 rings (SSSR count). The van der Waals surface area contributed by atoms with Gasteiger partial charge in [-0.1, -0.05) is 0 Å². The van der Waals surface area contributed by atoms with Crippen molar-refractivity contribution < 1.29 is 50.3 Å². The van der Waals surface area contributed by atoms with E-state index < -0.39 is 74.5 Å². The fourth-order valence-electron chi connectivity index (χ4n) is 3.85. The molecule has 2 saturated heterocycles. The molecule has 10 atom stereocenters. The third kappa shape index (κ3) is 4.84. The first-order valence-corrected chi connectivity index (χ1v) is 10.3. The van der Waals surface area contributed by atoms with Gasteiger partial charge < -0.3 is 61.0 Å². The van der Waals surface area contributed by atoms with E-state index in [2.05, 4.69) is 10.6 Å². The zero-order valence-electron chi connectivity index (χ0n) is 17.7. The summed E-state index contributed by atoms with van der Waals surface area (Å²) in [4.78, 5) is 0. The Morgan fingerprint density at radius 2 is 1.06 bits per heavy atom. The molecule has 182 valence electrons. The summed E-state index contributed by atoms with van der Waals surface area (Å²) in [6.45, 7) is 2.39. The van der Waals surface area contributed by atoms with Crippen LogP contribution < -0.4 is 10.6 Å². The van der Waals surface area contributed by atoms with Gasteiger partial charge in [-0.05, 0) is 37.1 Å². The van der Waals surface area contributed by atoms with Crippen molar-refractivity contribution in [2.75, 3.05) is 23.8 Å². The average Bonchev–Trinajstić information content (AvgIpc) is 3.21. The second-order valence-electron chi connectivity index (χ2n) is 8.28. The van der Waals surface area contributed by atoms with Crippen molar-refractivity contribution in [3.05, 3.63) is 23.3 Å². The number of hydrogen-bond donors (Lipinski definition) is 10. The van der Waals surface area contributed by atoms with E-state index >= 15 is 0 Å². The van der Waals surface area contributed by atoms with Gasteiger partial charge in [0.2, 0.25) is 0 Å². The second-order valence-corrected chi connectivity index (χ2v) is 8.28. The molecule has 2 aliphatic heterocycles. The van der Waals surface area contributed by atoms with Crippen LogP contribution in [0.5, 0.6) is 0 Å². The van der Waals surface area contributed by atoms with E-state index in [0.717, 1.165) is 11.1 Å². The number of benzene rings is 1. The van der Waals surface area contributed by atoms with Crippen LogP contribution >= 0.6 is 0 Å². The highest BCUT2D eigenvalue weighted by Gasteiger charge is 2.47. The van der Waals surface area contributed by atoms with Crippen LogP contribution in [0.25, 0.3) is 0 Å². The van der Waals surface area contributed by atoms with E-state index in [0.29, 0.717) is 11.4 Å². The van der Waals surface area contributed by atoms with Crippen LogP contribution in [0.15, 0.2) is 12.1 Å². The van der Waals surface area contributed by atoms with Gasteiger partial charge in [0.25, 0.3) is 0 Å². The second kappa shape index (κ2) is 10.1. The van der Waals surface area contributed by atoms with E-state index in [4.69, 9.17) is 19.7 Å². The van der Waals surface area contributed by atoms with Gasteiger partial charge in [-0.15, -0.1) is 0 Å². The Labute approximate surface area is 184 Å². The molecule has 0 radical (unpaired) electrons. The van der Waals surface area contributed by atoms with E-state index in [1.807, 2.05) is 13.8 Å². The molecule has 0 saturated carbocycles. The number of anilines is 2. The van der Waals surface area contributed by atoms with Crippen LogP contribution in [0, 0.1) is 13.8 Å². The van der Waals surface area contributed by atoms with E-state index in [1.165, 1.54) is 0 Å². The number of nitrogens with one attached hydrogen (secondary N) is 2. The molecule has 1 aromatic carbocycles. The Bertz CT molecular complexity index is 720. The number of aryl methyl sites for hydroxylation is 2. The topological polar surface area (TPSA) is 204 Å². The smallest absolute Gasteiger partial charge is 0.157 e. The number of aliphatic hydroxyl groups excluding tert-OH is 8. The van der Waals surface area contributed by atoms with Gasteiger partial charge in [-0.2, -0.15) is 0 Å². The molecule has 1 aromatic rings. The molecule has 0 aliphatic carbocycles. The largest absolute Gasteiger partial charge is 0.394 e. The van der Waals surface area contributed by atoms with Crippen LogP contribution in [0.4, 0.5) is 11.4 Å². The quantitative estimate of drug-likeness (QED) is 0.186. The van der Waals surface area contributed by atoms with E-state index in [-0.39, 0.29) is 0 Å². The predicted molar refractivity (Wildman–Crippen MR) is 111 cm³/mol. The molecular weight excluding hydrogens is 428 g/mol. The molecule has 0 spiro atoms. The van der Waals surface area contributed by atoms with Crippen LogP contribution in [0.2, 0.25) is 0 Å². The summed E-state index contributed by atoms with van der Waals surface area (Å²) in [7, 11) is 0. The lowest BCUT2D eigenvalue weighted by Crippen LogP contribution is -2.41. The molecule has 12 nitrogen and oxygen atoms in total. The normalized spacial score (nSPS) is 36.8. The molecule has 10 unspecified atom stereocenters. The fraction of sp³-hybridized carbons (Fsp3) is 0.700. The number of rotatable bonds is 8. The first-order valence-electron chi connectivity index (χ1n) is 10.3. The number of aliphatic hydroxyl groups is 8. The maximum absolute atomic E-state index is 10.3. The van der Waals surface area contributed by atoms with Crippen molar-refractivity contribution in [1.82, 2.24) is 0 Å². The molecule has 2 aliphatic rings. The maximum atomic E-state index is 10.3. The van der Waals surface area contributed by atoms with Crippen molar-refractivity contribution in [3.63, 3.8) is 0 Å². The summed E-state index contributed by atoms with van der Waals surface area (Å²) in [5.74, 6) is 0. The van der Waals surface area contributed by atoms with Gasteiger partial charge in [0, 0.05) is 0 Å². The highest BCUT2D eigenvalue weighted by atomic mass is 16.6. The highest BCUT2D eigenvalue weighted by molar-refractivity contribution is 5.71. The summed E-state index contributed by atoms with van der Waals surface area (Å²) < 4.78 is 11.0. The zero-order valence-corrected chi connectivity index (χ0v) is 17.7. The summed E-state index contributed by atoms with van der Waals surface area (Å²) in [5, 5.41) is 84.7. The zero-order chi connectivity index (χ0) is 23.7. The SMILES string of the molecule is Cc1cc(NC2OC(C(O)CO)C(O)C2O)c(NC2OC(C(O)CO)C(O)C2O)cc1C. The number of hydrogen-bond acceptors (Lipinski definition) is 12. The Morgan fingerprint density at radius 1 is 0.719 bits per heavy atom. The minimum absolute atomic E-state index is 0.403. The first-order chi connectivity index (χ1) is 15.1. The van der Waals surface area contributed by atoms with Crippen molar-refractivity contribution >= 4 is 11.4 Å². The van der Waals surface area contributed by atoms with Gasteiger partial charge in [0.15, 0.2) is 12.5 Å². The van der Waals surface area contributed by atoms with Crippen LogP contribution in [-0.4, -0.2) is 115 Å². The number of ether oxygens (including phenoxy) is 2. The molecule has 32 heavy (non-hydrogen) atoms. The Balaban J connectivity index is 1.81. The molecule has 0 bridgehead atoms. The molecule has 2 fully saturated rings. The van der Waals surface area contributed by atoms with Gasteiger partial charge in [-0.25, -0.2) is 0 Å². The summed E-state index contributed by atoms with van der Waals surface area (Å²) >= 11 is 0. The monoisotopic (exact) mass is 460 g/mol. The van der Waals surface area contributed by atoms with Gasteiger partial charge >= 0.3 is 0 Å². The van der Waals surface area contributed by atoms with Crippen molar-refractivity contribution in [3.8, 4) is 0 Å². The lowest BCUT2D eigenvalue weighted by Gasteiger charge is -2.25. The van der Waals surface area contributed by atoms with Gasteiger partial charge in [-0.3, -0.25) is 0 Å². The summed E-state index contributed by atoms with van der Waals surface area (Å²) in [6, 6.07) is 3.46. The molecular formula is C20H32N2O10. The Kier molecular flexibility index (Phi) is 7.93. The van der Waals surface area contributed by atoms with E-state index in [1.54, 1.807) is 12.1 Å². The minimum Gasteiger partial charge on any atom is -0.394 e. The van der Waals surface area contributed by atoms with Crippen molar-refractivity contribution in [1.29, 1.82) is 0 Å². The Hall–Kier alpha value is -1.58. The molecule has 0 amide bonds. The standard InChI is InChI=1S/C20H32N2O10/c1-7-3-9(21-19-15(29)13(27)17(31-19)11(25)5-23)10(4-8(7)2)22-20-16(30)14(28)18(32-20)12(26)6-24/h3-4,11-30H,5-6H2,1-2H3. The summed E-state index contributed by atoms with van der Waals surface area (Å²) in [6.07, 6.45) is -13.1. The fourth-order valence-corrected chi connectivity index (χ4v) is 3.85. The van der Waals surface area contributed by atoms with Gasteiger partial charge in [0.05, 0.1) is 24.6 Å². The predicted octanol–water partition coefficient (Wildman–Crippen LogP) is -3.27. The first kappa shape index (κ1) is 25.1. The molecule has 12 heteroatoms. The lowest BCUT2D eigenvalue weighted by atomic mass is 10.0. The molecule has 0 aromatic heterocycles. The highest BCUT2D eigenvalue weighted by Crippen LogP contribution is 2.33. The summed E-state index contributed by atoms with van der Waals surface area (Å²) in [5.41, 5.74) is 2.55. The maximum Gasteiger partial charge on any atom is 0.157 e. The lowest BCUT2D eigenvalue weighted by molar-refractivity contribution is -0.0776. The molecule has 2 heterocycles. The third-order valence-electron chi connectivity index (χ3n) is 5.96. The minimum atomic E-state index is -1.44.